The molecule has 0 aliphatic carbocycles. The van der Waals surface area contributed by atoms with Crippen molar-refractivity contribution in [2.45, 2.75) is 13.0 Å². The van der Waals surface area contributed by atoms with Gasteiger partial charge in [-0.15, -0.1) is 0 Å². The summed E-state index contributed by atoms with van der Waals surface area (Å²) in [5, 5.41) is 0. The van der Waals surface area contributed by atoms with Crippen LogP contribution in [0, 0.1) is 5.92 Å². The van der Waals surface area contributed by atoms with Crippen molar-refractivity contribution in [3.8, 4) is 11.5 Å². The van der Waals surface area contributed by atoms with Crippen molar-refractivity contribution in [1.29, 1.82) is 0 Å². The van der Waals surface area contributed by atoms with Crippen molar-refractivity contribution < 1.29 is 14.3 Å². The van der Waals surface area contributed by atoms with Crippen LogP contribution < -0.4 is 15.2 Å². The third-order valence-electron chi connectivity index (χ3n) is 3.61. The molecule has 19 heavy (non-hydrogen) atoms. The molecular formula is C13H15BrN2O3. The van der Waals surface area contributed by atoms with Gasteiger partial charge in [0.05, 0.1) is 5.92 Å². The number of ether oxygens (including phenoxy) is 2. The lowest BCUT2D eigenvalue weighted by molar-refractivity contribution is -0.121. The summed E-state index contributed by atoms with van der Waals surface area (Å²) in [4.78, 5) is 13.4. The molecule has 0 aromatic heterocycles. The van der Waals surface area contributed by atoms with Crippen molar-refractivity contribution in [1.82, 2.24) is 4.90 Å². The summed E-state index contributed by atoms with van der Waals surface area (Å²) < 4.78 is 11.7. The van der Waals surface area contributed by atoms with E-state index in [2.05, 4.69) is 20.8 Å². The monoisotopic (exact) mass is 326 g/mol. The second-order valence-electron chi connectivity index (χ2n) is 4.92. The molecule has 5 nitrogen and oxygen atoms in total. The lowest BCUT2D eigenvalue weighted by atomic mass is 10.1. The molecular weight excluding hydrogens is 312 g/mol. The Kier molecular flexibility index (Phi) is 3.36. The summed E-state index contributed by atoms with van der Waals surface area (Å²) >= 11 is 3.55. The summed E-state index contributed by atoms with van der Waals surface area (Å²) in [7, 11) is 0. The molecule has 3 rings (SSSR count). The number of likely N-dealkylation sites (tertiary alicyclic amines) is 1. The number of amides is 1. The van der Waals surface area contributed by atoms with Gasteiger partial charge in [-0.3, -0.25) is 9.69 Å². The molecule has 1 saturated heterocycles. The van der Waals surface area contributed by atoms with Gasteiger partial charge in [-0.05, 0) is 30.7 Å². The van der Waals surface area contributed by atoms with Crippen LogP contribution in [0.1, 0.15) is 12.0 Å². The molecule has 0 bridgehead atoms. The number of hydrogen-bond acceptors (Lipinski definition) is 4. The topological polar surface area (TPSA) is 64.8 Å². The Morgan fingerprint density at radius 2 is 2.16 bits per heavy atom. The van der Waals surface area contributed by atoms with Crippen LogP contribution in [0.3, 0.4) is 0 Å². The zero-order chi connectivity index (χ0) is 13.4. The molecule has 2 aliphatic rings. The van der Waals surface area contributed by atoms with Crippen molar-refractivity contribution in [3.63, 3.8) is 0 Å². The molecule has 2 heterocycles. The number of carbonyl (C=O) groups excluding carboxylic acids is 1. The minimum atomic E-state index is -0.202. The zero-order valence-corrected chi connectivity index (χ0v) is 12.0. The standard InChI is InChI=1S/C13H15BrN2O3/c14-10-4-12-11(18-7-19-12)3-9(10)6-16-2-1-8(5-16)13(15)17/h3-4,8H,1-2,5-7H2,(H2,15,17)/t8-/m0/s1. The molecule has 1 atom stereocenters. The van der Waals surface area contributed by atoms with Gasteiger partial charge in [0.1, 0.15) is 0 Å². The first-order valence-corrected chi connectivity index (χ1v) is 7.02. The largest absolute Gasteiger partial charge is 0.454 e. The number of nitrogens with zero attached hydrogens (tertiary/aromatic N) is 1. The maximum Gasteiger partial charge on any atom is 0.231 e. The summed E-state index contributed by atoms with van der Waals surface area (Å²) in [6.07, 6.45) is 0.845. The fourth-order valence-corrected chi connectivity index (χ4v) is 2.98. The first-order chi connectivity index (χ1) is 9.13. The highest BCUT2D eigenvalue weighted by atomic mass is 79.9. The number of rotatable bonds is 3. The van der Waals surface area contributed by atoms with Crippen molar-refractivity contribution in [3.05, 3.63) is 22.2 Å². The highest BCUT2D eigenvalue weighted by molar-refractivity contribution is 9.10. The molecule has 0 radical (unpaired) electrons. The van der Waals surface area contributed by atoms with Crippen LogP contribution in [-0.2, 0) is 11.3 Å². The van der Waals surface area contributed by atoms with Gasteiger partial charge in [-0.2, -0.15) is 0 Å². The van der Waals surface area contributed by atoms with Gasteiger partial charge in [0.15, 0.2) is 11.5 Å². The fraction of sp³-hybridized carbons (Fsp3) is 0.462. The minimum Gasteiger partial charge on any atom is -0.454 e. The molecule has 0 unspecified atom stereocenters. The molecule has 1 aromatic carbocycles. The maximum atomic E-state index is 11.2. The fourth-order valence-electron chi connectivity index (χ4n) is 2.53. The molecule has 0 saturated carbocycles. The molecule has 6 heteroatoms. The van der Waals surface area contributed by atoms with Gasteiger partial charge in [-0.25, -0.2) is 0 Å². The van der Waals surface area contributed by atoms with Crippen LogP contribution >= 0.6 is 15.9 Å². The third-order valence-corrected chi connectivity index (χ3v) is 4.35. The Labute approximate surface area is 119 Å². The average molecular weight is 327 g/mol. The first kappa shape index (κ1) is 12.7. The van der Waals surface area contributed by atoms with E-state index in [0.29, 0.717) is 0 Å². The highest BCUT2D eigenvalue weighted by Crippen LogP contribution is 2.37. The Bertz CT molecular complexity index is 521. The zero-order valence-electron chi connectivity index (χ0n) is 10.4. The van der Waals surface area contributed by atoms with Crippen molar-refractivity contribution >= 4 is 21.8 Å². The smallest absolute Gasteiger partial charge is 0.231 e. The number of carbonyl (C=O) groups is 1. The SMILES string of the molecule is NC(=O)[C@H]1CCN(Cc2cc3c(cc2Br)OCO3)C1. The molecule has 0 spiro atoms. The molecule has 1 aromatic rings. The Morgan fingerprint density at radius 3 is 2.84 bits per heavy atom. The van der Waals surface area contributed by atoms with E-state index in [1.165, 1.54) is 0 Å². The number of primary amides is 1. The molecule has 2 N–H and O–H groups in total. The first-order valence-electron chi connectivity index (χ1n) is 6.23. The van der Waals surface area contributed by atoms with E-state index < -0.39 is 0 Å². The van der Waals surface area contributed by atoms with E-state index in [0.717, 1.165) is 47.6 Å². The Morgan fingerprint density at radius 1 is 1.42 bits per heavy atom. The van der Waals surface area contributed by atoms with Gasteiger partial charge in [0, 0.05) is 17.6 Å². The predicted octanol–water partition coefficient (Wildman–Crippen LogP) is 1.48. The molecule has 102 valence electrons. The van der Waals surface area contributed by atoms with E-state index in [1.54, 1.807) is 0 Å². The predicted molar refractivity (Wildman–Crippen MR) is 72.8 cm³/mol. The second kappa shape index (κ2) is 5.02. The van der Waals surface area contributed by atoms with Crippen LogP contribution in [0.2, 0.25) is 0 Å². The van der Waals surface area contributed by atoms with Gasteiger partial charge >= 0.3 is 0 Å². The lowest BCUT2D eigenvalue weighted by Gasteiger charge is -2.16. The van der Waals surface area contributed by atoms with Crippen LogP contribution in [0.15, 0.2) is 16.6 Å². The molecule has 2 aliphatic heterocycles. The summed E-state index contributed by atoms with van der Waals surface area (Å²) in [6.45, 7) is 2.68. The number of fused-ring (bicyclic) bond motifs is 1. The van der Waals surface area contributed by atoms with Crippen LogP contribution in [0.25, 0.3) is 0 Å². The van der Waals surface area contributed by atoms with Crippen molar-refractivity contribution in [2.24, 2.45) is 11.7 Å². The minimum absolute atomic E-state index is 0.0206. The number of hydrogen-bond donors (Lipinski definition) is 1. The second-order valence-corrected chi connectivity index (χ2v) is 5.77. The molecule has 1 amide bonds. The van der Waals surface area contributed by atoms with Gasteiger partial charge in [0.2, 0.25) is 12.7 Å². The number of halogens is 1. The van der Waals surface area contributed by atoms with E-state index >= 15 is 0 Å². The summed E-state index contributed by atoms with van der Waals surface area (Å²) in [5.41, 5.74) is 6.48. The van der Waals surface area contributed by atoms with Crippen LogP contribution in [-0.4, -0.2) is 30.7 Å². The highest BCUT2D eigenvalue weighted by Gasteiger charge is 2.27. The van der Waals surface area contributed by atoms with E-state index in [1.807, 2.05) is 12.1 Å². The number of benzene rings is 1. The average Bonchev–Trinajstić information content (AvgIpc) is 2.98. The summed E-state index contributed by atoms with van der Waals surface area (Å²) in [5.74, 6) is 1.33. The van der Waals surface area contributed by atoms with Gasteiger partial charge < -0.3 is 15.2 Å². The van der Waals surface area contributed by atoms with Gasteiger partial charge in [-0.1, -0.05) is 15.9 Å². The quantitative estimate of drug-likeness (QED) is 0.913. The normalized spacial score (nSPS) is 21.8. The maximum absolute atomic E-state index is 11.2. The third kappa shape index (κ3) is 2.55. The molecule has 1 fully saturated rings. The summed E-state index contributed by atoms with van der Waals surface area (Å²) in [6, 6.07) is 3.92. The van der Waals surface area contributed by atoms with Gasteiger partial charge in [0.25, 0.3) is 0 Å². The lowest BCUT2D eigenvalue weighted by Crippen LogP contribution is -2.27. The van der Waals surface area contributed by atoms with E-state index in [-0.39, 0.29) is 18.6 Å². The van der Waals surface area contributed by atoms with Crippen LogP contribution in [0.4, 0.5) is 0 Å². The van der Waals surface area contributed by atoms with Crippen LogP contribution in [0.5, 0.6) is 11.5 Å². The van der Waals surface area contributed by atoms with E-state index in [4.69, 9.17) is 15.2 Å². The number of nitrogens with two attached hydrogens (primary N) is 1. The Hall–Kier alpha value is -1.27. The Balaban J connectivity index is 1.72. The van der Waals surface area contributed by atoms with Crippen molar-refractivity contribution in [2.75, 3.05) is 19.9 Å². The van der Waals surface area contributed by atoms with E-state index in [9.17, 15) is 4.79 Å².